The standard InChI is InChI=1S/C16H17NOS/c1-3-8-18-16-7-5-4-6-14(16)9-17-10-15-12-19-11-13(15)2/h1,4-7,11-12,17H,8-10H2,2H3. The summed E-state index contributed by atoms with van der Waals surface area (Å²) < 4.78 is 5.52. The topological polar surface area (TPSA) is 21.3 Å². The Bertz CT molecular complexity index is 568. The Morgan fingerprint density at radius 2 is 2.00 bits per heavy atom. The van der Waals surface area contributed by atoms with Gasteiger partial charge in [-0.2, -0.15) is 11.3 Å². The molecular weight excluding hydrogens is 254 g/mol. The smallest absolute Gasteiger partial charge is 0.148 e. The molecule has 1 aromatic heterocycles. The van der Waals surface area contributed by atoms with E-state index in [0.717, 1.165) is 24.4 Å². The molecule has 19 heavy (non-hydrogen) atoms. The van der Waals surface area contributed by atoms with E-state index in [1.165, 1.54) is 11.1 Å². The Morgan fingerprint density at radius 3 is 2.74 bits per heavy atom. The summed E-state index contributed by atoms with van der Waals surface area (Å²) in [6, 6.07) is 7.97. The summed E-state index contributed by atoms with van der Waals surface area (Å²) in [5.74, 6) is 3.34. The van der Waals surface area contributed by atoms with Crippen molar-refractivity contribution in [2.24, 2.45) is 0 Å². The van der Waals surface area contributed by atoms with Crippen molar-refractivity contribution in [1.82, 2.24) is 5.32 Å². The molecule has 0 bridgehead atoms. The van der Waals surface area contributed by atoms with Gasteiger partial charge in [-0.15, -0.1) is 6.42 Å². The number of para-hydroxylation sites is 1. The molecule has 0 aliphatic rings. The molecule has 0 aliphatic carbocycles. The molecule has 3 heteroatoms. The van der Waals surface area contributed by atoms with Crippen molar-refractivity contribution in [1.29, 1.82) is 0 Å². The van der Waals surface area contributed by atoms with Crippen LogP contribution < -0.4 is 10.1 Å². The van der Waals surface area contributed by atoms with Gasteiger partial charge in [0.1, 0.15) is 12.4 Å². The van der Waals surface area contributed by atoms with Crippen LogP contribution in [0.2, 0.25) is 0 Å². The van der Waals surface area contributed by atoms with E-state index < -0.39 is 0 Å². The van der Waals surface area contributed by atoms with Crippen molar-refractivity contribution in [2.75, 3.05) is 6.61 Å². The summed E-state index contributed by atoms with van der Waals surface area (Å²) in [6.45, 7) is 4.09. The second-order valence-electron chi connectivity index (χ2n) is 4.28. The average molecular weight is 271 g/mol. The first-order valence-electron chi connectivity index (χ1n) is 6.18. The van der Waals surface area contributed by atoms with E-state index in [4.69, 9.17) is 11.2 Å². The maximum Gasteiger partial charge on any atom is 0.148 e. The lowest BCUT2D eigenvalue weighted by Crippen LogP contribution is -2.13. The molecule has 1 heterocycles. The SMILES string of the molecule is C#CCOc1ccccc1CNCc1cscc1C. The highest BCUT2D eigenvalue weighted by Gasteiger charge is 2.03. The Kier molecular flexibility index (Phi) is 5.02. The van der Waals surface area contributed by atoms with Crippen LogP contribution in [0.15, 0.2) is 35.0 Å². The van der Waals surface area contributed by atoms with E-state index >= 15 is 0 Å². The van der Waals surface area contributed by atoms with E-state index in [-0.39, 0.29) is 0 Å². The molecular formula is C16H17NOS. The van der Waals surface area contributed by atoms with Crippen molar-refractivity contribution in [2.45, 2.75) is 20.0 Å². The predicted molar refractivity (Wildman–Crippen MR) is 80.4 cm³/mol. The number of terminal acetylenes is 1. The van der Waals surface area contributed by atoms with Gasteiger partial charge in [-0.25, -0.2) is 0 Å². The zero-order chi connectivity index (χ0) is 13.5. The molecule has 98 valence electrons. The molecule has 1 aromatic carbocycles. The molecule has 0 aliphatic heterocycles. The minimum Gasteiger partial charge on any atom is -0.481 e. The van der Waals surface area contributed by atoms with Crippen LogP contribution in [0.4, 0.5) is 0 Å². The summed E-state index contributed by atoms with van der Waals surface area (Å²) in [5, 5.41) is 7.79. The van der Waals surface area contributed by atoms with Crippen molar-refractivity contribution in [3.8, 4) is 18.1 Å². The zero-order valence-electron chi connectivity index (χ0n) is 11.0. The minimum absolute atomic E-state index is 0.306. The number of hydrogen-bond donors (Lipinski definition) is 1. The molecule has 0 atom stereocenters. The molecule has 0 fully saturated rings. The van der Waals surface area contributed by atoms with E-state index in [0.29, 0.717) is 6.61 Å². The summed E-state index contributed by atoms with van der Waals surface area (Å²) in [5.41, 5.74) is 3.83. The second-order valence-corrected chi connectivity index (χ2v) is 5.03. The van der Waals surface area contributed by atoms with Gasteiger partial charge in [0.05, 0.1) is 0 Å². The minimum atomic E-state index is 0.306. The summed E-state index contributed by atoms with van der Waals surface area (Å²) in [6.07, 6.45) is 5.22. The van der Waals surface area contributed by atoms with E-state index in [1.54, 1.807) is 11.3 Å². The number of rotatable bonds is 6. The fourth-order valence-corrected chi connectivity index (χ4v) is 2.67. The molecule has 2 nitrogen and oxygen atoms in total. The lowest BCUT2D eigenvalue weighted by atomic mass is 10.2. The van der Waals surface area contributed by atoms with Crippen LogP contribution in [-0.2, 0) is 13.1 Å². The zero-order valence-corrected chi connectivity index (χ0v) is 11.8. The Hall–Kier alpha value is -1.76. The van der Waals surface area contributed by atoms with E-state index in [9.17, 15) is 0 Å². The number of nitrogens with one attached hydrogen (secondary N) is 1. The number of ether oxygens (including phenoxy) is 1. The second kappa shape index (κ2) is 6.98. The maximum atomic E-state index is 5.52. The monoisotopic (exact) mass is 271 g/mol. The number of hydrogen-bond acceptors (Lipinski definition) is 3. The van der Waals surface area contributed by atoms with Gasteiger partial charge in [0.15, 0.2) is 0 Å². The fraction of sp³-hybridized carbons (Fsp3) is 0.250. The third kappa shape index (κ3) is 3.85. The summed E-state index contributed by atoms with van der Waals surface area (Å²) >= 11 is 1.74. The molecule has 0 spiro atoms. The average Bonchev–Trinajstić information content (AvgIpc) is 2.83. The lowest BCUT2D eigenvalue weighted by Gasteiger charge is -2.10. The van der Waals surface area contributed by atoms with Crippen molar-refractivity contribution in [3.05, 3.63) is 51.7 Å². The summed E-state index contributed by atoms with van der Waals surface area (Å²) in [4.78, 5) is 0. The third-order valence-corrected chi connectivity index (χ3v) is 3.79. The number of aryl methyl sites for hydroxylation is 1. The largest absolute Gasteiger partial charge is 0.481 e. The highest BCUT2D eigenvalue weighted by atomic mass is 32.1. The molecule has 0 saturated heterocycles. The highest BCUT2D eigenvalue weighted by Crippen LogP contribution is 2.18. The van der Waals surface area contributed by atoms with Crippen molar-refractivity contribution >= 4 is 11.3 Å². The Morgan fingerprint density at radius 1 is 1.21 bits per heavy atom. The Balaban J connectivity index is 1.92. The molecule has 0 saturated carbocycles. The van der Waals surface area contributed by atoms with Crippen molar-refractivity contribution < 1.29 is 4.74 Å². The molecule has 1 N–H and O–H groups in total. The van der Waals surface area contributed by atoms with E-state index in [2.05, 4.69) is 35.0 Å². The van der Waals surface area contributed by atoms with Gasteiger partial charge in [0.2, 0.25) is 0 Å². The van der Waals surface area contributed by atoms with Gasteiger partial charge in [-0.1, -0.05) is 24.1 Å². The van der Waals surface area contributed by atoms with Crippen LogP contribution >= 0.6 is 11.3 Å². The van der Waals surface area contributed by atoms with Crippen molar-refractivity contribution in [3.63, 3.8) is 0 Å². The van der Waals surface area contributed by atoms with E-state index in [1.807, 2.05) is 18.2 Å². The maximum absolute atomic E-state index is 5.52. The fourth-order valence-electron chi connectivity index (χ4n) is 1.81. The van der Waals surface area contributed by atoms with Crippen LogP contribution in [0.1, 0.15) is 16.7 Å². The molecule has 0 radical (unpaired) electrons. The molecule has 0 unspecified atom stereocenters. The van der Waals surface area contributed by atoms with Gasteiger partial charge in [-0.3, -0.25) is 0 Å². The van der Waals surface area contributed by atoms with Crippen LogP contribution in [0.25, 0.3) is 0 Å². The normalized spacial score (nSPS) is 10.1. The van der Waals surface area contributed by atoms with Gasteiger partial charge >= 0.3 is 0 Å². The third-order valence-electron chi connectivity index (χ3n) is 2.88. The first-order chi connectivity index (χ1) is 9.31. The van der Waals surface area contributed by atoms with Gasteiger partial charge in [-0.05, 0) is 34.9 Å². The predicted octanol–water partition coefficient (Wildman–Crippen LogP) is 3.36. The number of benzene rings is 1. The van der Waals surface area contributed by atoms with Gasteiger partial charge in [0, 0.05) is 18.7 Å². The summed E-state index contributed by atoms with van der Waals surface area (Å²) in [7, 11) is 0. The van der Waals surface area contributed by atoms with Crippen LogP contribution in [-0.4, -0.2) is 6.61 Å². The van der Waals surface area contributed by atoms with Crippen LogP contribution in [0, 0.1) is 19.3 Å². The molecule has 2 aromatic rings. The first-order valence-corrected chi connectivity index (χ1v) is 7.12. The number of thiophene rings is 1. The van der Waals surface area contributed by atoms with Gasteiger partial charge in [0.25, 0.3) is 0 Å². The molecule has 2 rings (SSSR count). The van der Waals surface area contributed by atoms with Gasteiger partial charge < -0.3 is 10.1 Å². The Labute approximate surface area is 118 Å². The first kappa shape index (κ1) is 13.7. The van der Waals surface area contributed by atoms with Crippen LogP contribution in [0.5, 0.6) is 5.75 Å². The lowest BCUT2D eigenvalue weighted by molar-refractivity contribution is 0.365. The quantitative estimate of drug-likeness (QED) is 0.813. The van der Waals surface area contributed by atoms with Crippen LogP contribution in [0.3, 0.4) is 0 Å². The molecule has 0 amide bonds. The highest BCUT2D eigenvalue weighted by molar-refractivity contribution is 7.08.